The molecule has 1 aromatic heterocycles. The van der Waals surface area contributed by atoms with Crippen molar-refractivity contribution in [1.82, 2.24) is 4.84 Å². The van der Waals surface area contributed by atoms with Crippen LogP contribution in [-0.4, -0.2) is 12.3 Å². The Bertz CT molecular complexity index is 431. The maximum absolute atomic E-state index is 11.4. The Morgan fingerprint density at radius 1 is 1.43 bits per heavy atom. The highest BCUT2D eigenvalue weighted by molar-refractivity contribution is 6.15. The number of hydrogen-bond donors (Lipinski definition) is 1. The van der Waals surface area contributed by atoms with E-state index >= 15 is 0 Å². The van der Waals surface area contributed by atoms with Crippen LogP contribution in [0.3, 0.4) is 0 Å². The van der Waals surface area contributed by atoms with Gasteiger partial charge in [-0.05, 0) is 23.9 Å². The lowest BCUT2D eigenvalue weighted by Gasteiger charge is -1.91. The fourth-order valence-electron chi connectivity index (χ4n) is 1.27. The maximum Gasteiger partial charge on any atom is 0.213 e. The Morgan fingerprint density at radius 2 is 2.21 bits per heavy atom. The highest BCUT2D eigenvalue weighted by Crippen LogP contribution is 2.18. The van der Waals surface area contributed by atoms with Crippen molar-refractivity contribution >= 4 is 28.5 Å². The van der Waals surface area contributed by atoms with E-state index in [0.29, 0.717) is 11.3 Å². The summed E-state index contributed by atoms with van der Waals surface area (Å²) in [5, 5.41) is 0.922. The van der Waals surface area contributed by atoms with Crippen molar-refractivity contribution in [3.63, 3.8) is 0 Å². The summed E-state index contributed by atoms with van der Waals surface area (Å²) >= 11 is 5.23. The summed E-state index contributed by atoms with van der Waals surface area (Å²) in [6.07, 6.45) is 0. The van der Waals surface area contributed by atoms with Gasteiger partial charge in [-0.15, -0.1) is 0 Å². The molecule has 0 spiro atoms. The minimum atomic E-state index is -0.156. The molecule has 14 heavy (non-hydrogen) atoms. The van der Waals surface area contributed by atoms with E-state index in [-0.39, 0.29) is 12.3 Å². The number of hydrogen-bond acceptors (Lipinski definition) is 3. The lowest BCUT2D eigenvalue weighted by atomic mass is 10.2. The van der Waals surface area contributed by atoms with Crippen LogP contribution in [0.2, 0.25) is 0 Å². The first kappa shape index (κ1) is 9.24. The molecule has 2 rings (SSSR count). The Balaban J connectivity index is 2.40. The number of ketones is 1. The van der Waals surface area contributed by atoms with Gasteiger partial charge < -0.3 is 4.42 Å². The smallest absolute Gasteiger partial charge is 0.213 e. The van der Waals surface area contributed by atoms with Crippen molar-refractivity contribution in [1.29, 1.82) is 0 Å². The summed E-state index contributed by atoms with van der Waals surface area (Å²) < 4.78 is 5.33. The molecule has 0 fully saturated rings. The van der Waals surface area contributed by atoms with Crippen molar-refractivity contribution in [3.8, 4) is 0 Å². The van der Waals surface area contributed by atoms with Crippen LogP contribution in [0, 0.1) is 0 Å². The molecule has 72 valence electrons. The van der Waals surface area contributed by atoms with Gasteiger partial charge in [0.15, 0.2) is 5.76 Å². The molecule has 1 heterocycles. The van der Waals surface area contributed by atoms with Crippen molar-refractivity contribution in [2.45, 2.75) is 0 Å². The number of benzene rings is 1. The van der Waals surface area contributed by atoms with Gasteiger partial charge in [-0.1, -0.05) is 18.2 Å². The van der Waals surface area contributed by atoms with E-state index in [1.807, 2.05) is 24.3 Å². The van der Waals surface area contributed by atoms with E-state index in [1.54, 1.807) is 6.07 Å². The summed E-state index contributed by atoms with van der Waals surface area (Å²) in [7, 11) is 0. The van der Waals surface area contributed by atoms with E-state index in [2.05, 4.69) is 4.84 Å². The van der Waals surface area contributed by atoms with E-state index < -0.39 is 0 Å². The average molecular weight is 210 g/mol. The average Bonchev–Trinajstić information content (AvgIpc) is 2.61. The molecule has 1 aromatic carbocycles. The first-order valence-electron chi connectivity index (χ1n) is 4.16. The molecule has 0 aliphatic rings. The summed E-state index contributed by atoms with van der Waals surface area (Å²) in [4.78, 5) is 13.6. The maximum atomic E-state index is 11.4. The number of halogens is 1. The van der Waals surface area contributed by atoms with Crippen LogP contribution in [0.5, 0.6) is 0 Å². The first-order chi connectivity index (χ1) is 6.81. The lowest BCUT2D eigenvalue weighted by molar-refractivity contribution is 0.0973. The zero-order valence-electron chi connectivity index (χ0n) is 7.29. The second kappa shape index (κ2) is 3.82. The van der Waals surface area contributed by atoms with Gasteiger partial charge in [0.25, 0.3) is 0 Å². The van der Waals surface area contributed by atoms with E-state index in [4.69, 9.17) is 16.2 Å². The molecule has 0 atom stereocenters. The molecule has 0 saturated carbocycles. The van der Waals surface area contributed by atoms with E-state index in [0.717, 1.165) is 5.39 Å². The van der Waals surface area contributed by atoms with Crippen molar-refractivity contribution < 1.29 is 9.21 Å². The second-order valence-electron chi connectivity index (χ2n) is 2.88. The van der Waals surface area contributed by atoms with Gasteiger partial charge in [-0.25, -0.2) is 4.84 Å². The van der Waals surface area contributed by atoms with Gasteiger partial charge in [0.1, 0.15) is 5.58 Å². The quantitative estimate of drug-likeness (QED) is 0.623. The molecule has 0 aliphatic carbocycles. The van der Waals surface area contributed by atoms with Gasteiger partial charge in [0.2, 0.25) is 5.78 Å². The number of carbonyl (C=O) groups excluding carboxylic acids is 1. The molecule has 0 amide bonds. The molecule has 0 radical (unpaired) electrons. The van der Waals surface area contributed by atoms with Gasteiger partial charge in [0, 0.05) is 5.39 Å². The van der Waals surface area contributed by atoms with E-state index in [1.165, 1.54) is 0 Å². The van der Waals surface area contributed by atoms with E-state index in [9.17, 15) is 4.79 Å². The summed E-state index contributed by atoms with van der Waals surface area (Å²) in [5.41, 5.74) is 0.713. The van der Waals surface area contributed by atoms with Crippen LogP contribution in [0.4, 0.5) is 0 Å². The van der Waals surface area contributed by atoms with Crippen LogP contribution < -0.4 is 4.84 Å². The van der Waals surface area contributed by atoms with Crippen molar-refractivity contribution in [2.75, 3.05) is 6.54 Å². The first-order valence-corrected chi connectivity index (χ1v) is 4.54. The largest absolute Gasteiger partial charge is 0.453 e. The molecule has 0 unspecified atom stereocenters. The minimum Gasteiger partial charge on any atom is -0.453 e. The van der Waals surface area contributed by atoms with Gasteiger partial charge in [0.05, 0.1) is 6.54 Å². The fraction of sp³-hybridized carbons (Fsp3) is 0.100. The number of rotatable bonds is 3. The Labute approximate surface area is 85.8 Å². The monoisotopic (exact) mass is 209 g/mol. The van der Waals surface area contributed by atoms with Crippen molar-refractivity contribution in [2.24, 2.45) is 0 Å². The standard InChI is InChI=1S/C10H8ClNO2/c11-12-6-8(13)10-5-7-3-1-2-4-9(7)14-10/h1-5,12H,6H2. The highest BCUT2D eigenvalue weighted by atomic mass is 35.5. The summed E-state index contributed by atoms with van der Waals surface area (Å²) in [6, 6.07) is 9.18. The molecule has 0 saturated heterocycles. The van der Waals surface area contributed by atoms with Gasteiger partial charge in [-0.2, -0.15) is 0 Å². The predicted molar refractivity (Wildman–Crippen MR) is 54.4 cm³/mol. The third-order valence-corrected chi connectivity index (χ3v) is 2.06. The highest BCUT2D eigenvalue weighted by Gasteiger charge is 2.10. The molecule has 0 aliphatic heterocycles. The van der Waals surface area contributed by atoms with Crippen LogP contribution in [-0.2, 0) is 0 Å². The molecule has 2 aromatic rings. The predicted octanol–water partition coefficient (Wildman–Crippen LogP) is 2.36. The second-order valence-corrected chi connectivity index (χ2v) is 3.15. The molecule has 4 heteroatoms. The van der Waals surface area contributed by atoms with Crippen LogP contribution in [0.15, 0.2) is 34.7 Å². The molecule has 3 nitrogen and oxygen atoms in total. The summed E-state index contributed by atoms with van der Waals surface area (Å²) in [5.74, 6) is 0.176. The third kappa shape index (κ3) is 1.64. The number of carbonyl (C=O) groups is 1. The van der Waals surface area contributed by atoms with Gasteiger partial charge in [-0.3, -0.25) is 4.79 Å². The van der Waals surface area contributed by atoms with Gasteiger partial charge >= 0.3 is 0 Å². The molecule has 1 N–H and O–H groups in total. The number of para-hydroxylation sites is 1. The fourth-order valence-corrected chi connectivity index (χ4v) is 1.39. The van der Waals surface area contributed by atoms with Crippen LogP contribution in [0.1, 0.15) is 10.6 Å². The normalized spacial score (nSPS) is 10.6. The van der Waals surface area contributed by atoms with Crippen LogP contribution in [0.25, 0.3) is 11.0 Å². The Morgan fingerprint density at radius 3 is 2.93 bits per heavy atom. The Hall–Kier alpha value is -1.32. The molecular formula is C10H8ClNO2. The lowest BCUT2D eigenvalue weighted by Crippen LogP contribution is -2.13. The van der Waals surface area contributed by atoms with Crippen molar-refractivity contribution in [3.05, 3.63) is 36.1 Å². The zero-order valence-corrected chi connectivity index (χ0v) is 8.04. The SMILES string of the molecule is O=C(CNCl)c1cc2ccccc2o1. The topological polar surface area (TPSA) is 42.2 Å². The van der Waals surface area contributed by atoms with Crippen LogP contribution >= 0.6 is 11.8 Å². The third-order valence-electron chi connectivity index (χ3n) is 1.93. The summed E-state index contributed by atoms with van der Waals surface area (Å²) in [6.45, 7) is 0.0708. The number of furan rings is 1. The molecular weight excluding hydrogens is 202 g/mol. The Kier molecular flexibility index (Phi) is 2.52. The number of nitrogens with one attached hydrogen (secondary N) is 1. The molecule has 0 bridgehead atoms. The zero-order chi connectivity index (χ0) is 9.97. The minimum absolute atomic E-state index is 0.0708. The number of fused-ring (bicyclic) bond motifs is 1. The number of Topliss-reactive ketones (excluding diaryl/α,β-unsaturated/α-hetero) is 1.